The predicted octanol–water partition coefficient (Wildman–Crippen LogP) is 9.69. The second-order valence-electron chi connectivity index (χ2n) is 12.6. The Labute approximate surface area is 293 Å². The molecule has 0 aliphatic carbocycles. The van der Waals surface area contributed by atoms with Crippen LogP contribution in [0.4, 0.5) is 0 Å². The van der Waals surface area contributed by atoms with Crippen LogP contribution in [0.2, 0.25) is 0 Å². The zero-order chi connectivity index (χ0) is 35.4. The summed E-state index contributed by atoms with van der Waals surface area (Å²) in [6.45, 7) is 3.39. The van der Waals surface area contributed by atoms with Crippen LogP contribution in [0.3, 0.4) is 0 Å². The number of phosphoric ester groups is 1. The Morgan fingerprint density at radius 1 is 0.646 bits per heavy atom. The van der Waals surface area contributed by atoms with E-state index in [-0.39, 0.29) is 19.6 Å². The first-order valence-corrected chi connectivity index (χ1v) is 20.5. The third-order valence-electron chi connectivity index (χ3n) is 7.78. The van der Waals surface area contributed by atoms with Crippen molar-refractivity contribution in [3.8, 4) is 0 Å². The number of allylic oxidation sites excluding steroid dienone is 6. The van der Waals surface area contributed by atoms with Gasteiger partial charge in [0.05, 0.1) is 26.4 Å². The quantitative estimate of drug-likeness (QED) is 0.0253. The summed E-state index contributed by atoms with van der Waals surface area (Å²) in [5.41, 5.74) is 0. The van der Waals surface area contributed by atoms with Crippen LogP contribution in [0.15, 0.2) is 36.5 Å². The number of aliphatic hydroxyl groups is 2. The molecule has 0 rings (SSSR count). The van der Waals surface area contributed by atoms with Crippen molar-refractivity contribution >= 4 is 13.8 Å². The summed E-state index contributed by atoms with van der Waals surface area (Å²) in [5, 5.41) is 18.3. The highest BCUT2D eigenvalue weighted by molar-refractivity contribution is 7.47. The Morgan fingerprint density at radius 3 is 1.77 bits per heavy atom. The normalized spacial score (nSPS) is 14.7. The van der Waals surface area contributed by atoms with E-state index in [0.717, 1.165) is 70.6 Å². The van der Waals surface area contributed by atoms with E-state index in [4.69, 9.17) is 23.6 Å². The second kappa shape index (κ2) is 35.5. The number of carbonyl (C=O) groups excluding carboxylic acids is 1. The van der Waals surface area contributed by atoms with Gasteiger partial charge in [-0.05, 0) is 64.2 Å². The molecule has 0 aliphatic heterocycles. The first kappa shape index (κ1) is 46.7. The Morgan fingerprint density at radius 2 is 1.17 bits per heavy atom. The molecule has 3 atom stereocenters. The van der Waals surface area contributed by atoms with E-state index >= 15 is 0 Å². The lowest BCUT2D eigenvalue weighted by atomic mass is 10.1. The highest BCUT2D eigenvalue weighted by Crippen LogP contribution is 2.43. The minimum Gasteiger partial charge on any atom is -0.457 e. The molecule has 3 N–H and O–H groups in total. The number of ether oxygens (including phenoxy) is 2. The molecule has 9 nitrogen and oxygen atoms in total. The summed E-state index contributed by atoms with van der Waals surface area (Å²) in [7, 11) is -4.51. The van der Waals surface area contributed by atoms with Crippen LogP contribution < -0.4 is 0 Å². The van der Waals surface area contributed by atoms with Crippen LogP contribution >= 0.6 is 7.82 Å². The van der Waals surface area contributed by atoms with Gasteiger partial charge in [-0.15, -0.1) is 0 Å². The Bertz CT molecular complexity index is 846. The van der Waals surface area contributed by atoms with Crippen LogP contribution in [0.25, 0.3) is 0 Å². The number of carbonyl (C=O) groups is 1. The maximum atomic E-state index is 12.5. The Balaban J connectivity index is 4.27. The standard InChI is InChI=1S/C38H71O9P/c1-3-5-7-9-11-13-15-17-19-21-23-25-27-29-31-44-34-37(35-46-48(42,43)45-33-36(40)32-39)47-38(41)30-28-26-24-22-20-18-16-14-12-10-8-6-4-2/h8,10,13-16,36-37,39-40H,3-7,9,11-12,17-35H2,1-2H3,(H,42,43)/b10-8-,15-13-,16-14-. The van der Waals surface area contributed by atoms with E-state index in [1.165, 1.54) is 57.8 Å². The van der Waals surface area contributed by atoms with Gasteiger partial charge >= 0.3 is 13.8 Å². The number of aliphatic hydroxyl groups excluding tert-OH is 2. The molecule has 282 valence electrons. The van der Waals surface area contributed by atoms with Crippen LogP contribution in [0.1, 0.15) is 155 Å². The summed E-state index contributed by atoms with van der Waals surface area (Å²) >= 11 is 0. The fraction of sp³-hybridized carbons (Fsp3) is 0.816. The van der Waals surface area contributed by atoms with E-state index in [2.05, 4.69) is 50.3 Å². The lowest BCUT2D eigenvalue weighted by molar-refractivity contribution is -0.154. The third kappa shape index (κ3) is 34.5. The van der Waals surface area contributed by atoms with Gasteiger partial charge in [0.2, 0.25) is 0 Å². The molecule has 0 aliphatic rings. The molecule has 0 aromatic carbocycles. The molecular weight excluding hydrogens is 631 g/mol. The Hall–Kier alpha value is -1.32. The Kier molecular flexibility index (Phi) is 34.5. The molecular formula is C38H71O9P. The molecule has 0 heterocycles. The van der Waals surface area contributed by atoms with Crippen molar-refractivity contribution in [2.45, 2.75) is 167 Å². The summed E-state index contributed by atoms with van der Waals surface area (Å²) in [6.07, 6.45) is 35.3. The number of phosphoric acid groups is 1. The average Bonchev–Trinajstić information content (AvgIpc) is 3.07. The van der Waals surface area contributed by atoms with Crippen LogP contribution in [-0.2, 0) is 27.9 Å². The summed E-state index contributed by atoms with van der Waals surface area (Å²) in [5.74, 6) is -0.401. The van der Waals surface area contributed by atoms with E-state index in [0.29, 0.717) is 13.0 Å². The van der Waals surface area contributed by atoms with E-state index in [9.17, 15) is 19.4 Å². The largest absolute Gasteiger partial charge is 0.472 e. The highest BCUT2D eigenvalue weighted by Gasteiger charge is 2.26. The topological polar surface area (TPSA) is 132 Å². The van der Waals surface area contributed by atoms with Crippen molar-refractivity contribution < 1.29 is 43.0 Å². The number of unbranched alkanes of at least 4 members (excludes halogenated alkanes) is 16. The number of rotatable bonds is 36. The maximum absolute atomic E-state index is 12.5. The van der Waals surface area contributed by atoms with Crippen molar-refractivity contribution in [3.05, 3.63) is 36.5 Å². The lowest BCUT2D eigenvalue weighted by Gasteiger charge is -2.20. The zero-order valence-corrected chi connectivity index (χ0v) is 31.3. The number of esters is 1. The summed E-state index contributed by atoms with van der Waals surface area (Å²) in [4.78, 5) is 22.4. The number of hydrogen-bond donors (Lipinski definition) is 3. The lowest BCUT2D eigenvalue weighted by Crippen LogP contribution is -2.29. The van der Waals surface area contributed by atoms with Crippen molar-refractivity contribution in [1.82, 2.24) is 0 Å². The van der Waals surface area contributed by atoms with Crippen molar-refractivity contribution in [3.63, 3.8) is 0 Å². The molecule has 0 amide bonds. The smallest absolute Gasteiger partial charge is 0.457 e. The van der Waals surface area contributed by atoms with Gasteiger partial charge in [-0.2, -0.15) is 0 Å². The van der Waals surface area contributed by atoms with Crippen molar-refractivity contribution in [2.75, 3.05) is 33.0 Å². The molecule has 0 bridgehead atoms. The molecule has 10 heteroatoms. The van der Waals surface area contributed by atoms with Gasteiger partial charge in [-0.1, -0.05) is 121 Å². The molecule has 0 aromatic heterocycles. The maximum Gasteiger partial charge on any atom is 0.472 e. The summed E-state index contributed by atoms with van der Waals surface area (Å²) < 4.78 is 33.2. The van der Waals surface area contributed by atoms with Gasteiger partial charge in [0.15, 0.2) is 0 Å². The molecule has 0 aromatic rings. The third-order valence-corrected chi connectivity index (χ3v) is 8.73. The molecule has 0 fully saturated rings. The minimum absolute atomic E-state index is 0.0394. The van der Waals surface area contributed by atoms with E-state index < -0.39 is 39.2 Å². The van der Waals surface area contributed by atoms with Crippen molar-refractivity contribution in [2.24, 2.45) is 0 Å². The molecule has 0 saturated heterocycles. The van der Waals surface area contributed by atoms with Gasteiger partial charge in [0.1, 0.15) is 12.2 Å². The molecule has 48 heavy (non-hydrogen) atoms. The van der Waals surface area contributed by atoms with Gasteiger partial charge in [0, 0.05) is 13.0 Å². The monoisotopic (exact) mass is 702 g/mol. The van der Waals surface area contributed by atoms with Crippen LogP contribution in [0, 0.1) is 0 Å². The average molecular weight is 703 g/mol. The molecule has 0 radical (unpaired) electrons. The van der Waals surface area contributed by atoms with E-state index in [1.54, 1.807) is 0 Å². The minimum atomic E-state index is -4.51. The molecule has 3 unspecified atom stereocenters. The van der Waals surface area contributed by atoms with Crippen LogP contribution in [0.5, 0.6) is 0 Å². The first-order chi connectivity index (χ1) is 23.3. The van der Waals surface area contributed by atoms with Gasteiger partial charge in [-0.25, -0.2) is 4.57 Å². The van der Waals surface area contributed by atoms with Crippen LogP contribution in [-0.4, -0.2) is 66.3 Å². The first-order valence-electron chi connectivity index (χ1n) is 19.0. The SMILES string of the molecule is CCC/C=C\C/C=C\CCCCCCCC(=O)OC(COCCCCCCCC/C=C\CCCCCC)COP(=O)(O)OCC(O)CO. The number of hydrogen-bond acceptors (Lipinski definition) is 8. The summed E-state index contributed by atoms with van der Waals surface area (Å²) in [6, 6.07) is 0. The van der Waals surface area contributed by atoms with Gasteiger partial charge in [-0.3, -0.25) is 13.8 Å². The predicted molar refractivity (Wildman–Crippen MR) is 196 cm³/mol. The second-order valence-corrected chi connectivity index (χ2v) is 14.0. The molecule has 0 spiro atoms. The van der Waals surface area contributed by atoms with E-state index in [1.807, 2.05) is 0 Å². The highest BCUT2D eigenvalue weighted by atomic mass is 31.2. The van der Waals surface area contributed by atoms with Gasteiger partial charge in [0.25, 0.3) is 0 Å². The van der Waals surface area contributed by atoms with Crippen molar-refractivity contribution in [1.29, 1.82) is 0 Å². The van der Waals surface area contributed by atoms with Gasteiger partial charge < -0.3 is 24.6 Å². The molecule has 0 saturated carbocycles. The fourth-order valence-electron chi connectivity index (χ4n) is 4.86. The fourth-order valence-corrected chi connectivity index (χ4v) is 5.65. The zero-order valence-electron chi connectivity index (χ0n) is 30.4.